The third-order valence-corrected chi connectivity index (χ3v) is 3.66. The molecule has 0 radical (unpaired) electrons. The monoisotopic (exact) mass is 337 g/mol. The Morgan fingerprint density at radius 1 is 1.16 bits per heavy atom. The Bertz CT molecular complexity index is 816. The summed E-state index contributed by atoms with van der Waals surface area (Å²) in [5.41, 5.74) is 1.84. The first-order valence-electron chi connectivity index (χ1n) is 7.83. The summed E-state index contributed by atoms with van der Waals surface area (Å²) in [5.74, 6) is 1.53. The van der Waals surface area contributed by atoms with E-state index in [4.69, 9.17) is 4.74 Å². The number of hydrogen-bond acceptors (Lipinski definition) is 4. The molecule has 7 heteroatoms. The maximum Gasteiger partial charge on any atom is 0.315 e. The molecule has 1 aromatic carbocycles. The van der Waals surface area contributed by atoms with Gasteiger partial charge in [-0.25, -0.2) is 14.8 Å². The Hall–Kier alpha value is -3.35. The number of nitrogens with one attached hydrogen (secondary N) is 2. The molecular weight excluding hydrogens is 318 g/mol. The van der Waals surface area contributed by atoms with E-state index in [2.05, 4.69) is 20.6 Å². The first-order chi connectivity index (χ1) is 12.3. The predicted octanol–water partition coefficient (Wildman–Crippen LogP) is 2.28. The second kappa shape index (κ2) is 7.96. The molecule has 25 heavy (non-hydrogen) atoms. The van der Waals surface area contributed by atoms with Gasteiger partial charge in [0, 0.05) is 37.2 Å². The van der Waals surface area contributed by atoms with Gasteiger partial charge in [-0.2, -0.15) is 0 Å². The Labute approximate surface area is 145 Å². The quantitative estimate of drug-likeness (QED) is 0.723. The highest BCUT2D eigenvalue weighted by Gasteiger charge is 2.05. The average molecular weight is 337 g/mol. The Morgan fingerprint density at radius 2 is 2.00 bits per heavy atom. The van der Waals surface area contributed by atoms with E-state index >= 15 is 0 Å². The molecule has 0 aliphatic heterocycles. The van der Waals surface area contributed by atoms with Gasteiger partial charge in [-0.05, 0) is 17.7 Å². The molecule has 0 saturated carbocycles. The van der Waals surface area contributed by atoms with Crippen molar-refractivity contribution in [1.29, 1.82) is 0 Å². The van der Waals surface area contributed by atoms with Crippen LogP contribution in [0.4, 0.5) is 4.79 Å². The fourth-order valence-corrected chi connectivity index (χ4v) is 2.34. The van der Waals surface area contributed by atoms with Crippen LogP contribution in [0.1, 0.15) is 11.1 Å². The van der Waals surface area contributed by atoms with Gasteiger partial charge in [-0.15, -0.1) is 0 Å². The number of hydrogen-bond donors (Lipinski definition) is 2. The molecule has 0 bridgehead atoms. The smallest absolute Gasteiger partial charge is 0.315 e. The first-order valence-corrected chi connectivity index (χ1v) is 7.83. The molecule has 3 aromatic rings. The number of carbonyl (C=O) groups excluding carboxylic acids is 1. The number of pyridine rings is 1. The lowest BCUT2D eigenvalue weighted by Crippen LogP contribution is -2.34. The third-order valence-electron chi connectivity index (χ3n) is 3.66. The highest BCUT2D eigenvalue weighted by atomic mass is 16.5. The summed E-state index contributed by atoms with van der Waals surface area (Å²) in [5, 5.41) is 5.63. The number of imidazole rings is 1. The number of amides is 2. The normalized spacial score (nSPS) is 10.3. The summed E-state index contributed by atoms with van der Waals surface area (Å²) in [6, 6.07) is 11.1. The zero-order valence-corrected chi connectivity index (χ0v) is 13.8. The van der Waals surface area contributed by atoms with Crippen molar-refractivity contribution in [2.24, 2.45) is 0 Å². The molecule has 0 saturated heterocycles. The standard InChI is InChI=1S/C18H19N5O2/c1-25-16-5-3-2-4-15(16)12-22-18(24)21-11-14-6-7-17(20-10-14)23-9-8-19-13-23/h2-10,13H,11-12H2,1H3,(H2,21,22,24). The van der Waals surface area contributed by atoms with Crippen LogP contribution in [0.5, 0.6) is 5.75 Å². The van der Waals surface area contributed by atoms with Crippen molar-refractivity contribution in [3.8, 4) is 11.6 Å². The van der Waals surface area contributed by atoms with Crippen LogP contribution >= 0.6 is 0 Å². The van der Waals surface area contributed by atoms with Gasteiger partial charge in [0.05, 0.1) is 7.11 Å². The fraction of sp³-hybridized carbons (Fsp3) is 0.167. The van der Waals surface area contributed by atoms with E-state index in [-0.39, 0.29) is 6.03 Å². The molecule has 0 aliphatic carbocycles. The number of ether oxygens (including phenoxy) is 1. The number of aromatic nitrogens is 3. The van der Waals surface area contributed by atoms with Crippen molar-refractivity contribution in [2.75, 3.05) is 7.11 Å². The van der Waals surface area contributed by atoms with Crippen molar-refractivity contribution in [3.63, 3.8) is 0 Å². The van der Waals surface area contributed by atoms with Crippen molar-refractivity contribution >= 4 is 6.03 Å². The summed E-state index contributed by atoms with van der Waals surface area (Å²) in [6.07, 6.45) is 6.94. The molecule has 0 fully saturated rings. The van der Waals surface area contributed by atoms with Gasteiger partial charge in [-0.3, -0.25) is 4.57 Å². The van der Waals surface area contributed by atoms with Crippen LogP contribution in [-0.2, 0) is 13.1 Å². The Morgan fingerprint density at radius 3 is 2.72 bits per heavy atom. The molecule has 0 aliphatic rings. The van der Waals surface area contributed by atoms with Gasteiger partial charge >= 0.3 is 6.03 Å². The lowest BCUT2D eigenvalue weighted by atomic mass is 10.2. The highest BCUT2D eigenvalue weighted by Crippen LogP contribution is 2.16. The maximum absolute atomic E-state index is 11.9. The molecule has 0 spiro atoms. The van der Waals surface area contributed by atoms with E-state index in [9.17, 15) is 4.79 Å². The molecule has 3 rings (SSSR count). The number of carbonyl (C=O) groups is 1. The van der Waals surface area contributed by atoms with Gasteiger partial charge in [0.15, 0.2) is 0 Å². The van der Waals surface area contributed by atoms with Crippen LogP contribution in [0.3, 0.4) is 0 Å². The van der Waals surface area contributed by atoms with Crippen LogP contribution < -0.4 is 15.4 Å². The highest BCUT2D eigenvalue weighted by molar-refractivity contribution is 5.73. The minimum atomic E-state index is -0.246. The van der Waals surface area contributed by atoms with Crippen molar-refractivity contribution in [1.82, 2.24) is 25.2 Å². The molecule has 0 atom stereocenters. The van der Waals surface area contributed by atoms with Gasteiger partial charge in [0.25, 0.3) is 0 Å². The second-order valence-electron chi connectivity index (χ2n) is 5.34. The predicted molar refractivity (Wildman–Crippen MR) is 93.4 cm³/mol. The summed E-state index contributed by atoms with van der Waals surface area (Å²) >= 11 is 0. The van der Waals surface area contributed by atoms with Crippen LogP contribution in [0, 0.1) is 0 Å². The minimum Gasteiger partial charge on any atom is -0.496 e. The number of rotatable bonds is 6. The SMILES string of the molecule is COc1ccccc1CNC(=O)NCc1ccc(-n2ccnc2)nc1. The fourth-order valence-electron chi connectivity index (χ4n) is 2.34. The maximum atomic E-state index is 11.9. The van der Waals surface area contributed by atoms with E-state index < -0.39 is 0 Å². The van der Waals surface area contributed by atoms with E-state index in [0.29, 0.717) is 13.1 Å². The van der Waals surface area contributed by atoms with E-state index in [1.54, 1.807) is 25.8 Å². The van der Waals surface area contributed by atoms with Crippen molar-refractivity contribution < 1.29 is 9.53 Å². The largest absolute Gasteiger partial charge is 0.496 e. The molecule has 7 nitrogen and oxygen atoms in total. The first kappa shape index (κ1) is 16.5. The summed E-state index contributed by atoms with van der Waals surface area (Å²) in [6.45, 7) is 0.794. The number of benzene rings is 1. The zero-order chi connectivity index (χ0) is 17.5. The average Bonchev–Trinajstić information content (AvgIpc) is 3.20. The summed E-state index contributed by atoms with van der Waals surface area (Å²) < 4.78 is 7.08. The topological polar surface area (TPSA) is 81.1 Å². The third kappa shape index (κ3) is 4.35. The van der Waals surface area contributed by atoms with Crippen LogP contribution in [0.25, 0.3) is 5.82 Å². The van der Waals surface area contributed by atoms with Crippen LogP contribution in [0.2, 0.25) is 0 Å². The summed E-state index contributed by atoms with van der Waals surface area (Å²) in [4.78, 5) is 20.3. The molecular formula is C18H19N5O2. The van der Waals surface area contributed by atoms with E-state index in [1.165, 1.54) is 0 Å². The number of para-hydroxylation sites is 1. The van der Waals surface area contributed by atoms with Crippen LogP contribution in [-0.4, -0.2) is 27.7 Å². The number of urea groups is 1. The minimum absolute atomic E-state index is 0.246. The van der Waals surface area contributed by atoms with Gasteiger partial charge < -0.3 is 15.4 Å². The van der Waals surface area contributed by atoms with Gasteiger partial charge in [0.1, 0.15) is 17.9 Å². The lowest BCUT2D eigenvalue weighted by Gasteiger charge is -2.10. The summed E-state index contributed by atoms with van der Waals surface area (Å²) in [7, 11) is 1.61. The molecule has 2 heterocycles. The van der Waals surface area contributed by atoms with Crippen LogP contribution in [0.15, 0.2) is 61.3 Å². The van der Waals surface area contributed by atoms with Crippen molar-refractivity contribution in [3.05, 3.63) is 72.4 Å². The Kier molecular flexibility index (Phi) is 5.26. The number of nitrogens with zero attached hydrogens (tertiary/aromatic N) is 3. The van der Waals surface area contributed by atoms with Crippen molar-refractivity contribution in [2.45, 2.75) is 13.1 Å². The lowest BCUT2D eigenvalue weighted by molar-refractivity contribution is 0.240. The molecule has 128 valence electrons. The Balaban J connectivity index is 1.49. The number of methoxy groups -OCH3 is 1. The zero-order valence-electron chi connectivity index (χ0n) is 13.8. The molecule has 2 amide bonds. The van der Waals surface area contributed by atoms with Gasteiger partial charge in [0.2, 0.25) is 0 Å². The van der Waals surface area contributed by atoms with E-state index in [1.807, 2.05) is 47.2 Å². The van der Waals surface area contributed by atoms with Gasteiger partial charge in [-0.1, -0.05) is 24.3 Å². The van der Waals surface area contributed by atoms with E-state index in [0.717, 1.165) is 22.7 Å². The molecule has 2 aromatic heterocycles. The second-order valence-corrected chi connectivity index (χ2v) is 5.34. The molecule has 0 unspecified atom stereocenters. The molecule has 2 N–H and O–H groups in total.